The Morgan fingerprint density at radius 3 is 2.24 bits per heavy atom. The van der Waals surface area contributed by atoms with Crippen LogP contribution >= 0.6 is 0 Å². The molecule has 0 unspecified atom stereocenters. The molecule has 1 saturated carbocycles. The molecule has 17 heavy (non-hydrogen) atoms. The van der Waals surface area contributed by atoms with Crippen LogP contribution in [-0.2, 0) is 4.79 Å². The molecule has 2 fully saturated rings. The molecule has 0 aromatic heterocycles. The predicted octanol–water partition coefficient (Wildman–Crippen LogP) is 0.668. The van der Waals surface area contributed by atoms with Crippen LogP contribution in [0.25, 0.3) is 0 Å². The van der Waals surface area contributed by atoms with Gasteiger partial charge in [-0.15, -0.1) is 0 Å². The Bertz CT molecular complexity index is 253. The number of carbonyl (C=O) groups is 1. The minimum atomic E-state index is 0.0990. The van der Waals surface area contributed by atoms with Crippen LogP contribution in [0.3, 0.4) is 0 Å². The fourth-order valence-electron chi connectivity index (χ4n) is 3.07. The third kappa shape index (κ3) is 3.19. The molecule has 0 bridgehead atoms. The largest absolute Gasteiger partial charge is 0.339 e. The van der Waals surface area contributed by atoms with Crippen molar-refractivity contribution in [3.8, 4) is 0 Å². The van der Waals surface area contributed by atoms with Crippen molar-refractivity contribution >= 4 is 5.91 Å². The van der Waals surface area contributed by atoms with Gasteiger partial charge >= 0.3 is 0 Å². The van der Waals surface area contributed by atoms with Crippen LogP contribution in [0.5, 0.6) is 0 Å². The van der Waals surface area contributed by atoms with Crippen LogP contribution < -0.4 is 5.73 Å². The van der Waals surface area contributed by atoms with E-state index in [9.17, 15) is 4.79 Å². The average Bonchev–Trinajstić information content (AvgIpc) is 2.39. The lowest BCUT2D eigenvalue weighted by Crippen LogP contribution is -2.53. The summed E-state index contributed by atoms with van der Waals surface area (Å²) in [4.78, 5) is 16.0. The second-order valence-corrected chi connectivity index (χ2v) is 5.53. The highest BCUT2D eigenvalue weighted by molar-refractivity contribution is 5.78. The van der Waals surface area contributed by atoms with Crippen molar-refractivity contribution in [2.75, 3.05) is 32.7 Å². The molecule has 2 aliphatic rings. The number of rotatable bonds is 2. The van der Waals surface area contributed by atoms with Gasteiger partial charge in [-0.05, 0) is 31.6 Å². The van der Waals surface area contributed by atoms with E-state index in [4.69, 9.17) is 5.73 Å². The molecule has 0 aromatic carbocycles. The zero-order valence-corrected chi connectivity index (χ0v) is 10.9. The van der Waals surface area contributed by atoms with Gasteiger partial charge in [-0.2, -0.15) is 0 Å². The van der Waals surface area contributed by atoms with E-state index < -0.39 is 0 Å². The Kier molecular flexibility index (Phi) is 4.40. The van der Waals surface area contributed by atoms with Gasteiger partial charge in [-0.25, -0.2) is 0 Å². The number of nitrogens with zero attached hydrogens (tertiary/aromatic N) is 2. The molecule has 2 rings (SSSR count). The monoisotopic (exact) mass is 239 g/mol. The van der Waals surface area contributed by atoms with E-state index in [2.05, 4.69) is 11.8 Å². The molecule has 1 aliphatic carbocycles. The van der Waals surface area contributed by atoms with Crippen LogP contribution in [0.4, 0.5) is 0 Å². The number of carbonyl (C=O) groups excluding carboxylic acids is 1. The van der Waals surface area contributed by atoms with E-state index in [-0.39, 0.29) is 12.5 Å². The molecule has 1 amide bonds. The molecule has 98 valence electrons. The van der Waals surface area contributed by atoms with E-state index in [1.807, 2.05) is 4.90 Å². The molecule has 0 aromatic rings. The van der Waals surface area contributed by atoms with Crippen LogP contribution in [0, 0.1) is 5.92 Å². The second-order valence-electron chi connectivity index (χ2n) is 5.53. The first kappa shape index (κ1) is 12.8. The van der Waals surface area contributed by atoms with Crippen molar-refractivity contribution < 1.29 is 4.79 Å². The topological polar surface area (TPSA) is 49.6 Å². The molecule has 4 nitrogen and oxygen atoms in total. The van der Waals surface area contributed by atoms with Crippen LogP contribution in [-0.4, -0.2) is 54.5 Å². The molecule has 0 atom stereocenters. The first-order chi connectivity index (χ1) is 8.20. The molecular formula is C13H25N3O. The summed E-state index contributed by atoms with van der Waals surface area (Å²) in [7, 11) is 0. The summed E-state index contributed by atoms with van der Waals surface area (Å²) in [5, 5.41) is 0. The first-order valence-electron chi connectivity index (χ1n) is 6.92. The van der Waals surface area contributed by atoms with Gasteiger partial charge in [0.2, 0.25) is 5.91 Å². The lowest BCUT2D eigenvalue weighted by molar-refractivity contribution is -0.131. The van der Waals surface area contributed by atoms with Crippen LogP contribution in [0.15, 0.2) is 0 Å². The van der Waals surface area contributed by atoms with E-state index >= 15 is 0 Å². The van der Waals surface area contributed by atoms with Crippen molar-refractivity contribution in [2.24, 2.45) is 11.7 Å². The van der Waals surface area contributed by atoms with Crippen LogP contribution in [0.1, 0.15) is 32.6 Å². The van der Waals surface area contributed by atoms with E-state index in [1.54, 1.807) is 0 Å². The van der Waals surface area contributed by atoms with Gasteiger partial charge in [0, 0.05) is 32.2 Å². The number of piperazine rings is 1. The molecule has 0 spiro atoms. The Balaban J connectivity index is 1.77. The minimum absolute atomic E-state index is 0.0990. The molecule has 2 N–H and O–H groups in total. The molecule has 1 heterocycles. The van der Waals surface area contributed by atoms with E-state index in [0.29, 0.717) is 0 Å². The number of nitrogens with two attached hydrogens (primary N) is 1. The summed E-state index contributed by atoms with van der Waals surface area (Å²) in [5.41, 5.74) is 5.39. The first-order valence-corrected chi connectivity index (χ1v) is 6.92. The standard InChI is InChI=1S/C13H25N3O/c1-11-2-4-12(5-3-11)15-6-8-16(9-7-15)13(17)10-14/h11-12H,2-10,14H2,1H3. The van der Waals surface area contributed by atoms with Gasteiger partial charge in [0.05, 0.1) is 6.54 Å². The average molecular weight is 239 g/mol. The van der Waals surface area contributed by atoms with Gasteiger partial charge in [-0.1, -0.05) is 6.92 Å². The highest BCUT2D eigenvalue weighted by Crippen LogP contribution is 2.27. The van der Waals surface area contributed by atoms with Crippen molar-refractivity contribution in [3.63, 3.8) is 0 Å². The quantitative estimate of drug-likeness (QED) is 0.770. The summed E-state index contributed by atoms with van der Waals surface area (Å²) in [6.45, 7) is 6.30. The summed E-state index contributed by atoms with van der Waals surface area (Å²) in [5.74, 6) is 1.01. The Hall–Kier alpha value is -0.610. The third-order valence-electron chi connectivity index (χ3n) is 4.34. The lowest BCUT2D eigenvalue weighted by Gasteiger charge is -2.41. The maximum Gasteiger partial charge on any atom is 0.236 e. The SMILES string of the molecule is CC1CCC(N2CCN(C(=O)CN)CC2)CC1. The molecular weight excluding hydrogens is 214 g/mol. The smallest absolute Gasteiger partial charge is 0.236 e. The maximum atomic E-state index is 11.5. The van der Waals surface area contributed by atoms with Crippen LogP contribution in [0.2, 0.25) is 0 Å². The lowest BCUT2D eigenvalue weighted by atomic mass is 9.86. The number of hydrogen-bond donors (Lipinski definition) is 1. The van der Waals surface area contributed by atoms with Crippen molar-refractivity contribution in [3.05, 3.63) is 0 Å². The second kappa shape index (κ2) is 5.83. The van der Waals surface area contributed by atoms with Gasteiger partial charge in [-0.3, -0.25) is 9.69 Å². The molecule has 1 saturated heterocycles. The summed E-state index contributed by atoms with van der Waals surface area (Å²) in [6, 6.07) is 0.765. The van der Waals surface area contributed by atoms with Gasteiger partial charge in [0.15, 0.2) is 0 Å². The summed E-state index contributed by atoms with van der Waals surface area (Å²) in [6.07, 6.45) is 5.41. The predicted molar refractivity (Wildman–Crippen MR) is 68.6 cm³/mol. The Labute approximate surface area is 104 Å². The van der Waals surface area contributed by atoms with Gasteiger partial charge < -0.3 is 10.6 Å². The number of amides is 1. The highest BCUT2D eigenvalue weighted by atomic mass is 16.2. The normalized spacial score (nSPS) is 31.5. The minimum Gasteiger partial charge on any atom is -0.339 e. The molecule has 1 aliphatic heterocycles. The van der Waals surface area contributed by atoms with Crippen molar-refractivity contribution in [1.82, 2.24) is 9.80 Å². The Morgan fingerprint density at radius 1 is 1.12 bits per heavy atom. The fraction of sp³-hybridized carbons (Fsp3) is 0.923. The zero-order valence-electron chi connectivity index (χ0n) is 10.9. The summed E-state index contributed by atoms with van der Waals surface area (Å²) < 4.78 is 0. The van der Waals surface area contributed by atoms with Crippen molar-refractivity contribution in [1.29, 1.82) is 0 Å². The zero-order chi connectivity index (χ0) is 12.3. The van der Waals surface area contributed by atoms with Crippen molar-refractivity contribution in [2.45, 2.75) is 38.6 Å². The van der Waals surface area contributed by atoms with Gasteiger partial charge in [0.25, 0.3) is 0 Å². The fourth-order valence-corrected chi connectivity index (χ4v) is 3.07. The Morgan fingerprint density at radius 2 is 1.71 bits per heavy atom. The van der Waals surface area contributed by atoms with E-state index in [0.717, 1.165) is 38.1 Å². The summed E-state index contributed by atoms with van der Waals surface area (Å²) >= 11 is 0. The number of hydrogen-bond acceptors (Lipinski definition) is 3. The highest BCUT2D eigenvalue weighted by Gasteiger charge is 2.27. The van der Waals surface area contributed by atoms with Gasteiger partial charge in [0.1, 0.15) is 0 Å². The van der Waals surface area contributed by atoms with E-state index in [1.165, 1.54) is 25.7 Å². The molecule has 0 radical (unpaired) electrons. The molecule has 4 heteroatoms. The maximum absolute atomic E-state index is 11.5. The third-order valence-corrected chi connectivity index (χ3v) is 4.34.